The minimum absolute atomic E-state index is 0.0905. The first-order valence-electron chi connectivity index (χ1n) is 5.95. The Morgan fingerprint density at radius 3 is 2.60 bits per heavy atom. The van der Waals surface area contributed by atoms with E-state index in [-0.39, 0.29) is 11.7 Å². The zero-order chi connectivity index (χ0) is 14.5. The second-order valence-electron chi connectivity index (χ2n) is 4.27. The molecule has 2 N–H and O–H groups in total. The minimum Gasteiger partial charge on any atom is -0.507 e. The van der Waals surface area contributed by atoms with Gasteiger partial charge >= 0.3 is 0 Å². The Bertz CT molecular complexity index is 651. The Morgan fingerprint density at radius 1 is 1.25 bits per heavy atom. The molecule has 0 aliphatic carbocycles. The van der Waals surface area contributed by atoms with Crippen LogP contribution in [0.15, 0.2) is 52.0 Å². The van der Waals surface area contributed by atoms with Crippen molar-refractivity contribution in [1.82, 2.24) is 5.43 Å². The predicted molar refractivity (Wildman–Crippen MR) is 82.0 cm³/mol. The molecule has 0 radical (unpaired) electrons. The molecule has 2 rings (SSSR count). The Hall–Kier alpha value is -2.14. The van der Waals surface area contributed by atoms with E-state index in [2.05, 4.69) is 26.5 Å². The van der Waals surface area contributed by atoms with Crippen LogP contribution in [0, 0.1) is 6.92 Å². The summed E-state index contributed by atoms with van der Waals surface area (Å²) in [5, 5.41) is 13.5. The van der Waals surface area contributed by atoms with Crippen molar-refractivity contribution in [2.24, 2.45) is 5.10 Å². The van der Waals surface area contributed by atoms with Crippen molar-refractivity contribution < 1.29 is 9.90 Å². The van der Waals surface area contributed by atoms with Gasteiger partial charge in [0, 0.05) is 15.6 Å². The quantitative estimate of drug-likeness (QED) is 0.669. The average Bonchev–Trinajstić information content (AvgIpc) is 2.42. The number of aryl methyl sites for hydroxylation is 1. The third-order valence-electron chi connectivity index (χ3n) is 2.68. The van der Waals surface area contributed by atoms with Gasteiger partial charge in [-0.1, -0.05) is 33.6 Å². The number of rotatable bonds is 3. The number of amides is 1. The molecular formula is C15H13BrN2O2. The number of phenolic OH excluding ortho intramolecular Hbond substituents is 1. The van der Waals surface area contributed by atoms with Crippen LogP contribution in [0.25, 0.3) is 0 Å². The van der Waals surface area contributed by atoms with E-state index in [9.17, 15) is 9.90 Å². The lowest BCUT2D eigenvalue weighted by atomic mass is 10.1. The van der Waals surface area contributed by atoms with E-state index in [1.54, 1.807) is 30.3 Å². The molecule has 20 heavy (non-hydrogen) atoms. The first-order chi connectivity index (χ1) is 9.56. The van der Waals surface area contributed by atoms with Crippen molar-refractivity contribution in [2.75, 3.05) is 0 Å². The molecule has 0 spiro atoms. The summed E-state index contributed by atoms with van der Waals surface area (Å²) < 4.78 is 0.774. The van der Waals surface area contributed by atoms with Crippen LogP contribution in [0.2, 0.25) is 0 Å². The Morgan fingerprint density at radius 2 is 1.95 bits per heavy atom. The number of aromatic hydroxyl groups is 1. The Balaban J connectivity index is 2.02. The highest BCUT2D eigenvalue weighted by molar-refractivity contribution is 9.10. The van der Waals surface area contributed by atoms with Crippen molar-refractivity contribution in [2.45, 2.75) is 6.92 Å². The molecule has 0 fully saturated rings. The maximum Gasteiger partial charge on any atom is 0.271 e. The van der Waals surface area contributed by atoms with Crippen LogP contribution in [0.3, 0.4) is 0 Å². The zero-order valence-electron chi connectivity index (χ0n) is 10.8. The number of benzene rings is 2. The second kappa shape index (κ2) is 6.34. The molecule has 2 aromatic carbocycles. The first kappa shape index (κ1) is 14.3. The van der Waals surface area contributed by atoms with Gasteiger partial charge in [0.1, 0.15) is 5.75 Å². The molecule has 2 aromatic rings. The normalized spacial score (nSPS) is 10.7. The van der Waals surface area contributed by atoms with Gasteiger partial charge in [0.15, 0.2) is 0 Å². The van der Waals surface area contributed by atoms with E-state index >= 15 is 0 Å². The molecule has 0 aliphatic heterocycles. The van der Waals surface area contributed by atoms with Crippen molar-refractivity contribution in [1.29, 1.82) is 0 Å². The number of carbonyl (C=O) groups excluding carboxylic acids is 1. The summed E-state index contributed by atoms with van der Waals surface area (Å²) in [5.74, 6) is -0.203. The average molecular weight is 333 g/mol. The fourth-order valence-corrected chi connectivity index (χ4v) is 1.90. The highest BCUT2D eigenvalue weighted by Crippen LogP contribution is 2.20. The summed E-state index contributed by atoms with van der Waals surface area (Å²) in [6, 6.07) is 12.2. The molecule has 0 saturated heterocycles. The molecule has 0 bridgehead atoms. The van der Waals surface area contributed by atoms with E-state index < -0.39 is 0 Å². The smallest absolute Gasteiger partial charge is 0.271 e. The third kappa shape index (κ3) is 3.68. The summed E-state index contributed by atoms with van der Waals surface area (Å²) in [6.45, 7) is 1.95. The molecule has 0 heterocycles. The van der Waals surface area contributed by atoms with Crippen molar-refractivity contribution in [3.05, 3.63) is 63.6 Å². The van der Waals surface area contributed by atoms with Gasteiger partial charge in [-0.25, -0.2) is 5.43 Å². The van der Waals surface area contributed by atoms with Crippen molar-refractivity contribution in [3.63, 3.8) is 0 Å². The molecule has 0 atom stereocenters. The number of hydrogen-bond acceptors (Lipinski definition) is 3. The SMILES string of the molecule is Cc1ccc(C(=O)N/N=C/c2ccc(Br)cc2O)cc1. The lowest BCUT2D eigenvalue weighted by molar-refractivity contribution is 0.0955. The molecule has 0 saturated carbocycles. The van der Waals surface area contributed by atoms with Crippen LogP contribution in [-0.4, -0.2) is 17.2 Å². The lowest BCUT2D eigenvalue weighted by Gasteiger charge is -2.01. The summed E-state index contributed by atoms with van der Waals surface area (Å²) in [4.78, 5) is 11.8. The Labute approximate surface area is 125 Å². The zero-order valence-corrected chi connectivity index (χ0v) is 12.4. The standard InChI is InChI=1S/C15H13BrN2O2/c1-10-2-4-11(5-3-10)15(20)18-17-9-12-6-7-13(16)8-14(12)19/h2-9,19H,1H3,(H,18,20)/b17-9+. The number of hydrogen-bond donors (Lipinski definition) is 2. The van der Waals surface area contributed by atoms with Crippen LogP contribution in [0.1, 0.15) is 21.5 Å². The van der Waals surface area contributed by atoms with E-state index in [0.29, 0.717) is 11.1 Å². The number of nitrogens with zero attached hydrogens (tertiary/aromatic N) is 1. The van der Waals surface area contributed by atoms with Gasteiger partial charge in [-0.05, 0) is 37.3 Å². The predicted octanol–water partition coefficient (Wildman–Crippen LogP) is 3.23. The van der Waals surface area contributed by atoms with Gasteiger partial charge in [-0.15, -0.1) is 0 Å². The maximum atomic E-state index is 11.8. The monoisotopic (exact) mass is 332 g/mol. The van der Waals surface area contributed by atoms with Gasteiger partial charge in [-0.3, -0.25) is 4.79 Å². The summed E-state index contributed by atoms with van der Waals surface area (Å²) >= 11 is 3.25. The number of halogens is 1. The van der Waals surface area contributed by atoms with Crippen molar-refractivity contribution in [3.8, 4) is 5.75 Å². The van der Waals surface area contributed by atoms with Gasteiger partial charge < -0.3 is 5.11 Å². The summed E-state index contributed by atoms with van der Waals surface area (Å²) in [7, 11) is 0. The molecule has 0 aliphatic rings. The van der Waals surface area contributed by atoms with Crippen LogP contribution in [0.4, 0.5) is 0 Å². The van der Waals surface area contributed by atoms with Gasteiger partial charge in [0.2, 0.25) is 0 Å². The summed E-state index contributed by atoms with van der Waals surface area (Å²) in [5.41, 5.74) is 4.56. The molecule has 1 amide bonds. The van der Waals surface area contributed by atoms with Gasteiger partial charge in [0.05, 0.1) is 6.21 Å². The highest BCUT2D eigenvalue weighted by atomic mass is 79.9. The van der Waals surface area contributed by atoms with Crippen LogP contribution >= 0.6 is 15.9 Å². The second-order valence-corrected chi connectivity index (χ2v) is 5.18. The fraction of sp³-hybridized carbons (Fsp3) is 0.0667. The largest absolute Gasteiger partial charge is 0.507 e. The third-order valence-corrected chi connectivity index (χ3v) is 3.17. The minimum atomic E-state index is -0.294. The highest BCUT2D eigenvalue weighted by Gasteiger charge is 2.03. The molecule has 4 nitrogen and oxygen atoms in total. The number of phenols is 1. The van der Waals surface area contributed by atoms with Crippen molar-refractivity contribution >= 4 is 28.1 Å². The molecule has 5 heteroatoms. The van der Waals surface area contributed by atoms with Gasteiger partial charge in [-0.2, -0.15) is 5.10 Å². The summed E-state index contributed by atoms with van der Waals surface area (Å²) in [6.07, 6.45) is 1.40. The number of nitrogens with one attached hydrogen (secondary N) is 1. The Kier molecular flexibility index (Phi) is 4.53. The first-order valence-corrected chi connectivity index (χ1v) is 6.74. The number of carbonyl (C=O) groups is 1. The van der Waals surface area contributed by atoms with E-state index in [1.807, 2.05) is 19.1 Å². The maximum absolute atomic E-state index is 11.8. The number of hydrazone groups is 1. The molecule has 0 unspecified atom stereocenters. The van der Waals surface area contributed by atoms with E-state index in [0.717, 1.165) is 10.0 Å². The van der Waals surface area contributed by atoms with Crippen LogP contribution in [-0.2, 0) is 0 Å². The fourth-order valence-electron chi connectivity index (χ4n) is 1.56. The topological polar surface area (TPSA) is 61.7 Å². The van der Waals surface area contributed by atoms with Gasteiger partial charge in [0.25, 0.3) is 5.91 Å². The lowest BCUT2D eigenvalue weighted by Crippen LogP contribution is -2.17. The molecule has 102 valence electrons. The van der Waals surface area contributed by atoms with Crippen LogP contribution in [0.5, 0.6) is 5.75 Å². The van der Waals surface area contributed by atoms with Crippen LogP contribution < -0.4 is 5.43 Å². The van der Waals surface area contributed by atoms with E-state index in [1.165, 1.54) is 6.21 Å². The molecule has 0 aromatic heterocycles. The van der Waals surface area contributed by atoms with E-state index in [4.69, 9.17) is 0 Å². The molecular weight excluding hydrogens is 320 g/mol.